The summed E-state index contributed by atoms with van der Waals surface area (Å²) in [5, 5.41) is 3.29. The Morgan fingerprint density at radius 2 is 2.18 bits per heavy atom. The molecule has 1 unspecified atom stereocenters. The van der Waals surface area contributed by atoms with E-state index in [1.807, 2.05) is 18.2 Å². The largest absolute Gasteiger partial charge is 0.484 e. The lowest BCUT2D eigenvalue weighted by Crippen LogP contribution is -2.49. The normalized spacial score (nSPS) is 23.3. The number of hydrogen-bond donors (Lipinski definition) is 1. The van der Waals surface area contributed by atoms with Crippen LogP contribution in [0.1, 0.15) is 50.9 Å². The van der Waals surface area contributed by atoms with Gasteiger partial charge in [0.2, 0.25) is 0 Å². The minimum Gasteiger partial charge on any atom is -0.484 e. The lowest BCUT2D eigenvalue weighted by atomic mass is 9.98. The maximum atomic E-state index is 12.6. The second-order valence-electron chi connectivity index (χ2n) is 7.28. The summed E-state index contributed by atoms with van der Waals surface area (Å²) in [6, 6.07) is 6.21. The number of nitrogens with zero attached hydrogens (tertiary/aromatic N) is 1. The van der Waals surface area contributed by atoms with E-state index in [1.54, 1.807) is 0 Å². The number of rotatable bonds is 3. The third-order valence-corrected chi connectivity index (χ3v) is 4.49. The molecular weight excluding hydrogens is 276 g/mol. The molecule has 3 rings (SSSR count). The van der Waals surface area contributed by atoms with Gasteiger partial charge in [0.25, 0.3) is 0 Å². The zero-order valence-corrected chi connectivity index (χ0v) is 14.0. The van der Waals surface area contributed by atoms with Gasteiger partial charge in [0.05, 0.1) is 18.3 Å². The predicted molar refractivity (Wildman–Crippen MR) is 89.0 cm³/mol. The molecule has 0 aliphatic carbocycles. The lowest BCUT2D eigenvalue weighted by Gasteiger charge is -2.43. The molecule has 1 fully saturated rings. The Balaban J connectivity index is 1.94. The first-order chi connectivity index (χ1) is 10.4. The number of carbonyl (C=O) groups excluding carboxylic acids is 1. The molecule has 0 aromatic heterocycles. The van der Waals surface area contributed by atoms with Crippen LogP contribution in [0.15, 0.2) is 18.2 Å². The van der Waals surface area contributed by atoms with Crippen LogP contribution in [0.25, 0.3) is 0 Å². The fourth-order valence-corrected chi connectivity index (χ4v) is 3.38. The monoisotopic (exact) mass is 302 g/mol. The fourth-order valence-electron chi connectivity index (χ4n) is 3.38. The molecular formula is C18H26N2O2. The summed E-state index contributed by atoms with van der Waals surface area (Å²) in [7, 11) is 0. The molecule has 0 radical (unpaired) electrons. The van der Waals surface area contributed by atoms with Crippen LogP contribution >= 0.6 is 0 Å². The fraction of sp³-hybridized carbons (Fsp3) is 0.611. The zero-order chi connectivity index (χ0) is 15.9. The molecule has 4 nitrogen and oxygen atoms in total. The Kier molecular flexibility index (Phi) is 3.89. The van der Waals surface area contributed by atoms with Crippen LogP contribution < -0.4 is 15.0 Å². The Labute approximate surface area is 132 Å². The molecule has 2 aliphatic heterocycles. The summed E-state index contributed by atoms with van der Waals surface area (Å²) in [4.78, 5) is 14.9. The van der Waals surface area contributed by atoms with Crippen molar-refractivity contribution < 1.29 is 9.53 Å². The molecule has 2 heterocycles. The molecule has 1 aromatic rings. The van der Waals surface area contributed by atoms with Gasteiger partial charge in [-0.25, -0.2) is 0 Å². The predicted octanol–water partition coefficient (Wildman–Crippen LogP) is 3.01. The smallest absolute Gasteiger partial charge is 0.179 e. The highest BCUT2D eigenvalue weighted by molar-refractivity contribution is 6.01. The maximum Gasteiger partial charge on any atom is 0.179 e. The van der Waals surface area contributed by atoms with Crippen LogP contribution in [0, 0.1) is 0 Å². The summed E-state index contributed by atoms with van der Waals surface area (Å²) < 4.78 is 6.09. The van der Waals surface area contributed by atoms with E-state index < -0.39 is 0 Å². The number of anilines is 1. The average Bonchev–Trinajstić information content (AvgIpc) is 2.98. The quantitative estimate of drug-likeness (QED) is 0.872. The molecule has 1 aromatic carbocycles. The summed E-state index contributed by atoms with van der Waals surface area (Å²) in [6.45, 7) is 10.3. The Bertz CT molecular complexity index is 574. The van der Waals surface area contributed by atoms with E-state index in [9.17, 15) is 4.79 Å². The summed E-state index contributed by atoms with van der Waals surface area (Å²) >= 11 is 0. The van der Waals surface area contributed by atoms with Crippen molar-refractivity contribution in [3.8, 4) is 5.75 Å². The third kappa shape index (κ3) is 2.84. The number of fused-ring (bicyclic) bond motifs is 1. The van der Waals surface area contributed by atoms with Gasteiger partial charge in [-0.1, -0.05) is 0 Å². The van der Waals surface area contributed by atoms with Gasteiger partial charge in [0, 0.05) is 11.6 Å². The molecule has 0 saturated carbocycles. The second kappa shape index (κ2) is 5.58. The molecule has 0 bridgehead atoms. The molecule has 120 valence electrons. The summed E-state index contributed by atoms with van der Waals surface area (Å²) in [5.41, 5.74) is 1.61. The van der Waals surface area contributed by atoms with Crippen molar-refractivity contribution >= 4 is 11.5 Å². The highest BCUT2D eigenvalue weighted by Gasteiger charge is 2.34. The number of ketones is 1. The summed E-state index contributed by atoms with van der Waals surface area (Å²) in [5.74, 6) is 1.08. The Hall–Kier alpha value is -1.55. The van der Waals surface area contributed by atoms with Crippen molar-refractivity contribution in [2.24, 2.45) is 0 Å². The van der Waals surface area contributed by atoms with Crippen molar-refractivity contribution in [1.82, 2.24) is 5.32 Å². The lowest BCUT2D eigenvalue weighted by molar-refractivity contribution is 0.0950. The van der Waals surface area contributed by atoms with E-state index >= 15 is 0 Å². The van der Waals surface area contributed by atoms with Crippen LogP contribution in [0.5, 0.6) is 5.75 Å². The molecule has 1 N–H and O–H groups in total. The van der Waals surface area contributed by atoms with E-state index in [1.165, 1.54) is 0 Å². The minimum atomic E-state index is -0.212. The van der Waals surface area contributed by atoms with E-state index in [2.05, 4.69) is 37.9 Å². The van der Waals surface area contributed by atoms with Gasteiger partial charge in [-0.05, 0) is 65.3 Å². The van der Waals surface area contributed by atoms with E-state index in [0.717, 1.165) is 42.9 Å². The highest BCUT2D eigenvalue weighted by atomic mass is 16.5. The van der Waals surface area contributed by atoms with Crippen LogP contribution in [-0.2, 0) is 0 Å². The molecule has 4 heteroatoms. The van der Waals surface area contributed by atoms with Crippen LogP contribution in [0.4, 0.5) is 5.69 Å². The van der Waals surface area contributed by atoms with Gasteiger partial charge >= 0.3 is 0 Å². The number of Topliss-reactive ketones (excluding diaryl/α,β-unsaturated/α-hetero) is 1. The number of benzene rings is 1. The van der Waals surface area contributed by atoms with Crippen LogP contribution in [0.2, 0.25) is 0 Å². The first-order valence-corrected chi connectivity index (χ1v) is 8.25. The van der Waals surface area contributed by atoms with Crippen molar-refractivity contribution in [2.75, 3.05) is 18.0 Å². The molecule has 2 aliphatic rings. The van der Waals surface area contributed by atoms with Gasteiger partial charge in [0.1, 0.15) is 11.4 Å². The first-order valence-electron chi connectivity index (χ1n) is 8.25. The van der Waals surface area contributed by atoms with Crippen molar-refractivity contribution in [3.05, 3.63) is 23.8 Å². The van der Waals surface area contributed by atoms with Gasteiger partial charge in [0.15, 0.2) is 5.78 Å². The van der Waals surface area contributed by atoms with Crippen LogP contribution in [0.3, 0.4) is 0 Å². The van der Waals surface area contributed by atoms with Crippen LogP contribution in [-0.4, -0.2) is 36.6 Å². The Morgan fingerprint density at radius 1 is 1.41 bits per heavy atom. The van der Waals surface area contributed by atoms with Gasteiger partial charge in [-0.15, -0.1) is 0 Å². The minimum absolute atomic E-state index is 0.0218. The highest BCUT2D eigenvalue weighted by Crippen LogP contribution is 2.39. The number of nitrogens with one attached hydrogen (secondary N) is 1. The average molecular weight is 302 g/mol. The molecule has 0 amide bonds. The topological polar surface area (TPSA) is 41.6 Å². The van der Waals surface area contributed by atoms with Gasteiger partial charge < -0.3 is 15.0 Å². The van der Waals surface area contributed by atoms with E-state index in [4.69, 9.17) is 4.74 Å². The maximum absolute atomic E-state index is 12.6. The molecule has 1 saturated heterocycles. The summed E-state index contributed by atoms with van der Waals surface area (Å²) in [6.07, 6.45) is 2.02. The van der Waals surface area contributed by atoms with Crippen molar-refractivity contribution in [2.45, 2.75) is 58.2 Å². The zero-order valence-electron chi connectivity index (χ0n) is 14.0. The number of carbonyl (C=O) groups is 1. The van der Waals surface area contributed by atoms with E-state index in [0.29, 0.717) is 6.04 Å². The van der Waals surface area contributed by atoms with E-state index in [-0.39, 0.29) is 17.4 Å². The first kappa shape index (κ1) is 15.3. The van der Waals surface area contributed by atoms with Crippen molar-refractivity contribution in [3.63, 3.8) is 0 Å². The molecule has 1 atom stereocenters. The molecule has 22 heavy (non-hydrogen) atoms. The van der Waals surface area contributed by atoms with Crippen molar-refractivity contribution in [1.29, 1.82) is 0 Å². The number of ether oxygens (including phenoxy) is 1. The van der Waals surface area contributed by atoms with Gasteiger partial charge in [-0.3, -0.25) is 4.79 Å². The third-order valence-electron chi connectivity index (χ3n) is 4.49. The Morgan fingerprint density at radius 3 is 2.82 bits per heavy atom. The molecule has 0 spiro atoms. The standard InChI is InChI=1S/C18H26N2O2/c1-12(2)20-11-18(3,4)22-16-8-7-13(10-15(16)20)17(21)14-6-5-9-19-14/h7-8,10,12,14,19H,5-6,9,11H2,1-4H3. The number of hydrogen-bond acceptors (Lipinski definition) is 4. The van der Waals surface area contributed by atoms with Gasteiger partial charge in [-0.2, -0.15) is 0 Å². The SMILES string of the molecule is CC(C)N1CC(C)(C)Oc2ccc(C(=O)C3CCCN3)cc21. The second-order valence-corrected chi connectivity index (χ2v) is 7.28.